The van der Waals surface area contributed by atoms with Crippen molar-refractivity contribution in [3.8, 4) is 0 Å². The third kappa shape index (κ3) is 6.77. The standard InChI is InChI=1S/C19H29N7O.HI/c1-6-20-19(25(4)13-17-22-14-23-26(17)5)21-11-10-15-8-7-9-16(12-15)18(27)24(2)3;/h7-9,12,14H,6,10-11,13H2,1-5H3,(H,20,21);1H. The van der Waals surface area contributed by atoms with Crippen LogP contribution in [0.2, 0.25) is 0 Å². The van der Waals surface area contributed by atoms with Gasteiger partial charge >= 0.3 is 0 Å². The Labute approximate surface area is 184 Å². The van der Waals surface area contributed by atoms with Crippen LogP contribution in [0.15, 0.2) is 35.6 Å². The van der Waals surface area contributed by atoms with Crippen molar-refractivity contribution < 1.29 is 4.79 Å². The fourth-order valence-corrected chi connectivity index (χ4v) is 2.63. The van der Waals surface area contributed by atoms with E-state index in [2.05, 4.69) is 15.4 Å². The number of aryl methyl sites for hydroxylation is 1. The van der Waals surface area contributed by atoms with Crippen LogP contribution in [0.5, 0.6) is 0 Å². The maximum atomic E-state index is 12.1. The summed E-state index contributed by atoms with van der Waals surface area (Å²) < 4.78 is 1.76. The second-order valence-corrected chi connectivity index (χ2v) is 6.54. The number of aromatic nitrogens is 3. The first-order valence-electron chi connectivity index (χ1n) is 9.05. The Bertz CT molecular complexity index is 788. The zero-order valence-corrected chi connectivity index (χ0v) is 19.5. The van der Waals surface area contributed by atoms with Gasteiger partial charge in [-0.05, 0) is 31.0 Å². The van der Waals surface area contributed by atoms with E-state index in [9.17, 15) is 4.79 Å². The van der Waals surface area contributed by atoms with E-state index < -0.39 is 0 Å². The van der Waals surface area contributed by atoms with E-state index in [4.69, 9.17) is 4.99 Å². The van der Waals surface area contributed by atoms with Crippen molar-refractivity contribution >= 4 is 35.8 Å². The van der Waals surface area contributed by atoms with Gasteiger partial charge in [-0.2, -0.15) is 5.10 Å². The Balaban J connectivity index is 0.00000392. The van der Waals surface area contributed by atoms with Crippen LogP contribution in [0.25, 0.3) is 0 Å². The number of carbonyl (C=O) groups excluding carboxylic acids is 1. The minimum Gasteiger partial charge on any atom is -0.357 e. The molecule has 0 radical (unpaired) electrons. The summed E-state index contributed by atoms with van der Waals surface area (Å²) in [4.78, 5) is 24.7. The quantitative estimate of drug-likeness (QED) is 0.357. The SMILES string of the molecule is CCNC(=NCCc1cccc(C(=O)N(C)C)c1)N(C)Cc1ncnn1C.I. The molecule has 1 aromatic heterocycles. The highest BCUT2D eigenvalue weighted by Gasteiger charge is 2.10. The number of halogens is 1. The minimum absolute atomic E-state index is 0. The number of amides is 1. The van der Waals surface area contributed by atoms with Gasteiger partial charge < -0.3 is 15.1 Å². The Morgan fingerprint density at radius 3 is 2.64 bits per heavy atom. The molecule has 28 heavy (non-hydrogen) atoms. The summed E-state index contributed by atoms with van der Waals surface area (Å²) in [5.41, 5.74) is 1.80. The molecule has 0 atom stereocenters. The number of benzene rings is 1. The lowest BCUT2D eigenvalue weighted by Gasteiger charge is -2.21. The molecule has 0 saturated carbocycles. The van der Waals surface area contributed by atoms with Crippen LogP contribution in [0.1, 0.15) is 28.7 Å². The predicted octanol–water partition coefficient (Wildman–Crippen LogP) is 1.77. The molecule has 0 unspecified atom stereocenters. The van der Waals surface area contributed by atoms with Crippen LogP contribution < -0.4 is 5.32 Å². The second kappa shape index (κ2) is 11.6. The van der Waals surface area contributed by atoms with Crippen molar-refractivity contribution in [3.63, 3.8) is 0 Å². The Morgan fingerprint density at radius 1 is 1.29 bits per heavy atom. The lowest BCUT2D eigenvalue weighted by atomic mass is 10.1. The number of rotatable bonds is 7. The highest BCUT2D eigenvalue weighted by Crippen LogP contribution is 2.08. The van der Waals surface area contributed by atoms with Gasteiger partial charge in [0.1, 0.15) is 12.2 Å². The fourth-order valence-electron chi connectivity index (χ4n) is 2.63. The molecule has 1 aromatic carbocycles. The number of nitrogens with one attached hydrogen (secondary N) is 1. The van der Waals surface area contributed by atoms with Crippen molar-refractivity contribution in [2.75, 3.05) is 34.2 Å². The molecule has 0 aliphatic carbocycles. The van der Waals surface area contributed by atoms with Crippen molar-refractivity contribution in [1.82, 2.24) is 29.9 Å². The molecule has 1 amide bonds. The van der Waals surface area contributed by atoms with Gasteiger partial charge in [0, 0.05) is 46.8 Å². The zero-order chi connectivity index (χ0) is 19.8. The first-order chi connectivity index (χ1) is 12.9. The molecule has 2 rings (SSSR count). The Hall–Kier alpha value is -2.17. The third-order valence-corrected chi connectivity index (χ3v) is 4.12. The number of nitrogens with zero attached hydrogens (tertiary/aromatic N) is 6. The third-order valence-electron chi connectivity index (χ3n) is 4.12. The first-order valence-corrected chi connectivity index (χ1v) is 9.05. The van der Waals surface area contributed by atoms with Gasteiger partial charge in [-0.3, -0.25) is 14.5 Å². The molecule has 0 spiro atoms. The maximum absolute atomic E-state index is 12.1. The van der Waals surface area contributed by atoms with Crippen LogP contribution >= 0.6 is 24.0 Å². The molecule has 0 saturated heterocycles. The van der Waals surface area contributed by atoms with Crippen molar-refractivity contribution in [2.24, 2.45) is 12.0 Å². The summed E-state index contributed by atoms with van der Waals surface area (Å²) in [6.07, 6.45) is 2.32. The van der Waals surface area contributed by atoms with E-state index in [0.717, 1.165) is 30.3 Å². The topological polar surface area (TPSA) is 78.7 Å². The summed E-state index contributed by atoms with van der Waals surface area (Å²) >= 11 is 0. The number of guanidine groups is 1. The number of hydrogen-bond donors (Lipinski definition) is 1. The normalized spacial score (nSPS) is 11.0. The molecule has 0 aliphatic rings. The van der Waals surface area contributed by atoms with Crippen molar-refractivity contribution in [2.45, 2.75) is 19.9 Å². The Morgan fingerprint density at radius 2 is 2.04 bits per heavy atom. The van der Waals surface area contributed by atoms with Crippen LogP contribution in [0, 0.1) is 0 Å². The van der Waals surface area contributed by atoms with Gasteiger partial charge in [-0.25, -0.2) is 4.98 Å². The number of carbonyl (C=O) groups is 1. The molecule has 1 N–H and O–H groups in total. The van der Waals surface area contributed by atoms with E-state index in [1.54, 1.807) is 30.0 Å². The smallest absolute Gasteiger partial charge is 0.253 e. The van der Waals surface area contributed by atoms with Crippen molar-refractivity contribution in [3.05, 3.63) is 47.5 Å². The van der Waals surface area contributed by atoms with Gasteiger partial charge in [0.2, 0.25) is 0 Å². The lowest BCUT2D eigenvalue weighted by molar-refractivity contribution is 0.0827. The van der Waals surface area contributed by atoms with Gasteiger partial charge in [0.25, 0.3) is 5.91 Å². The van der Waals surface area contributed by atoms with Gasteiger partial charge in [-0.1, -0.05) is 12.1 Å². The van der Waals surface area contributed by atoms with E-state index in [1.165, 1.54) is 0 Å². The van der Waals surface area contributed by atoms with Gasteiger partial charge in [-0.15, -0.1) is 24.0 Å². The molecule has 1 heterocycles. The number of hydrogen-bond acceptors (Lipinski definition) is 4. The van der Waals surface area contributed by atoms with Crippen LogP contribution in [-0.2, 0) is 20.0 Å². The van der Waals surface area contributed by atoms with Crippen molar-refractivity contribution in [1.29, 1.82) is 0 Å². The summed E-state index contributed by atoms with van der Waals surface area (Å²) in [7, 11) is 7.37. The first kappa shape index (κ1) is 23.9. The van der Waals surface area contributed by atoms with Gasteiger partial charge in [0.15, 0.2) is 5.96 Å². The van der Waals surface area contributed by atoms with Gasteiger partial charge in [0.05, 0.1) is 6.54 Å². The molecule has 0 fully saturated rings. The van der Waals surface area contributed by atoms with Crippen LogP contribution in [-0.4, -0.2) is 70.7 Å². The summed E-state index contributed by atoms with van der Waals surface area (Å²) in [5, 5.41) is 7.40. The minimum atomic E-state index is 0. The molecular weight excluding hydrogens is 469 g/mol. The molecule has 0 bridgehead atoms. The van der Waals surface area contributed by atoms with E-state index in [0.29, 0.717) is 18.7 Å². The van der Waals surface area contributed by atoms with Crippen LogP contribution in [0.4, 0.5) is 0 Å². The molecule has 154 valence electrons. The van der Waals surface area contributed by atoms with E-state index in [-0.39, 0.29) is 29.9 Å². The second-order valence-electron chi connectivity index (χ2n) is 6.54. The molecule has 2 aromatic rings. The zero-order valence-electron chi connectivity index (χ0n) is 17.2. The average molecular weight is 499 g/mol. The van der Waals surface area contributed by atoms with Crippen LogP contribution in [0.3, 0.4) is 0 Å². The lowest BCUT2D eigenvalue weighted by Crippen LogP contribution is -2.39. The summed E-state index contributed by atoms with van der Waals surface area (Å²) in [5.74, 6) is 1.70. The Kier molecular flexibility index (Phi) is 9.91. The average Bonchev–Trinajstić information content (AvgIpc) is 3.05. The molecular formula is C19H30IN7O. The monoisotopic (exact) mass is 499 g/mol. The predicted molar refractivity (Wildman–Crippen MR) is 122 cm³/mol. The highest BCUT2D eigenvalue weighted by atomic mass is 127. The fraction of sp³-hybridized carbons (Fsp3) is 0.474. The van der Waals surface area contributed by atoms with E-state index in [1.807, 2.05) is 50.2 Å². The summed E-state index contributed by atoms with van der Waals surface area (Å²) in [6.45, 7) is 4.08. The maximum Gasteiger partial charge on any atom is 0.253 e. The highest BCUT2D eigenvalue weighted by molar-refractivity contribution is 14.0. The largest absolute Gasteiger partial charge is 0.357 e. The summed E-state index contributed by atoms with van der Waals surface area (Å²) in [6, 6.07) is 7.72. The molecule has 0 aliphatic heterocycles. The van der Waals surface area contributed by atoms with E-state index >= 15 is 0 Å². The molecule has 8 nitrogen and oxygen atoms in total. The number of aliphatic imine (C=N–C) groups is 1. The molecule has 9 heteroatoms.